The van der Waals surface area contributed by atoms with Crippen molar-refractivity contribution in [2.75, 3.05) is 5.32 Å². The number of hydrogen-bond acceptors (Lipinski definition) is 6. The van der Waals surface area contributed by atoms with Crippen LogP contribution in [0.25, 0.3) is 33.1 Å². The Morgan fingerprint density at radius 1 is 1.19 bits per heavy atom. The van der Waals surface area contributed by atoms with Crippen LogP contribution in [-0.2, 0) is 0 Å². The monoisotopic (exact) mass is 346 g/mol. The van der Waals surface area contributed by atoms with Crippen molar-refractivity contribution in [2.24, 2.45) is 0 Å². The van der Waals surface area contributed by atoms with Crippen molar-refractivity contribution in [3.05, 3.63) is 42.4 Å². The predicted molar refractivity (Wildman–Crippen MR) is 96.0 cm³/mol. The number of benzene rings is 1. The number of H-pyrrole nitrogens is 1. The number of pyridine rings is 1. The van der Waals surface area contributed by atoms with Gasteiger partial charge in [-0.1, -0.05) is 6.07 Å². The minimum absolute atomic E-state index is 0.190. The zero-order chi connectivity index (χ0) is 17.7. The van der Waals surface area contributed by atoms with E-state index in [1.54, 1.807) is 36.8 Å². The van der Waals surface area contributed by atoms with E-state index in [1.807, 2.05) is 0 Å². The first kappa shape index (κ1) is 14.8. The lowest BCUT2D eigenvalue weighted by molar-refractivity contribution is 0.0697. The SMILES string of the molecule is O=C(O)c1ccc2c(c1)nc(-c1cn[nH]c1)c1nc(NC3CC3)ncc12. The Balaban J connectivity index is 1.80. The highest BCUT2D eigenvalue weighted by Gasteiger charge is 2.22. The highest BCUT2D eigenvalue weighted by Crippen LogP contribution is 2.32. The molecule has 3 aromatic heterocycles. The molecule has 0 atom stereocenters. The Kier molecular flexibility index (Phi) is 3.11. The van der Waals surface area contributed by atoms with E-state index in [-0.39, 0.29) is 5.56 Å². The van der Waals surface area contributed by atoms with Gasteiger partial charge in [-0.15, -0.1) is 0 Å². The quantitative estimate of drug-likeness (QED) is 0.486. The number of carbonyl (C=O) groups is 1. The van der Waals surface area contributed by atoms with Gasteiger partial charge in [0, 0.05) is 34.8 Å². The number of hydrogen-bond donors (Lipinski definition) is 3. The van der Waals surface area contributed by atoms with Crippen LogP contribution < -0.4 is 5.32 Å². The largest absolute Gasteiger partial charge is 0.478 e. The first-order valence-electron chi connectivity index (χ1n) is 8.28. The lowest BCUT2D eigenvalue weighted by atomic mass is 10.0. The maximum absolute atomic E-state index is 11.3. The lowest BCUT2D eigenvalue weighted by Crippen LogP contribution is -2.06. The molecule has 4 aromatic rings. The normalized spacial score (nSPS) is 14.0. The summed E-state index contributed by atoms with van der Waals surface area (Å²) in [6.45, 7) is 0. The third-order valence-electron chi connectivity index (χ3n) is 4.46. The second-order valence-corrected chi connectivity index (χ2v) is 6.36. The van der Waals surface area contributed by atoms with Gasteiger partial charge in [0.1, 0.15) is 11.2 Å². The maximum Gasteiger partial charge on any atom is 0.335 e. The summed E-state index contributed by atoms with van der Waals surface area (Å²) in [5.41, 5.74) is 2.91. The molecule has 128 valence electrons. The highest BCUT2D eigenvalue weighted by atomic mass is 16.4. The number of carboxylic acid groups (broad SMARTS) is 1. The maximum atomic E-state index is 11.3. The number of aromatic nitrogens is 5. The summed E-state index contributed by atoms with van der Waals surface area (Å²) < 4.78 is 0. The number of fused-ring (bicyclic) bond motifs is 3. The van der Waals surface area contributed by atoms with Crippen LogP contribution in [0.5, 0.6) is 0 Å². The smallest absolute Gasteiger partial charge is 0.335 e. The van der Waals surface area contributed by atoms with Crippen molar-refractivity contribution in [1.82, 2.24) is 25.1 Å². The zero-order valence-corrected chi connectivity index (χ0v) is 13.6. The van der Waals surface area contributed by atoms with Gasteiger partial charge in [0.2, 0.25) is 5.95 Å². The molecule has 3 N–H and O–H groups in total. The molecule has 3 heterocycles. The number of rotatable bonds is 4. The molecule has 0 aliphatic heterocycles. The molecule has 1 saturated carbocycles. The van der Waals surface area contributed by atoms with E-state index < -0.39 is 5.97 Å². The number of carboxylic acids is 1. The average Bonchev–Trinajstić information content (AvgIpc) is 3.29. The van der Waals surface area contributed by atoms with E-state index >= 15 is 0 Å². The summed E-state index contributed by atoms with van der Waals surface area (Å²) in [6.07, 6.45) is 7.43. The van der Waals surface area contributed by atoms with Crippen molar-refractivity contribution in [1.29, 1.82) is 0 Å². The number of aromatic amines is 1. The van der Waals surface area contributed by atoms with Crippen LogP contribution in [-0.4, -0.2) is 42.3 Å². The van der Waals surface area contributed by atoms with Gasteiger partial charge < -0.3 is 10.4 Å². The second-order valence-electron chi connectivity index (χ2n) is 6.36. The van der Waals surface area contributed by atoms with Gasteiger partial charge in [-0.3, -0.25) is 5.10 Å². The molecular formula is C18H14N6O2. The molecular weight excluding hydrogens is 332 g/mol. The Labute approximate surface area is 147 Å². The summed E-state index contributed by atoms with van der Waals surface area (Å²) >= 11 is 0. The van der Waals surface area contributed by atoms with E-state index in [4.69, 9.17) is 0 Å². The first-order chi connectivity index (χ1) is 12.7. The molecule has 1 aliphatic rings. The Morgan fingerprint density at radius 2 is 2.08 bits per heavy atom. The fourth-order valence-electron chi connectivity index (χ4n) is 2.98. The summed E-state index contributed by atoms with van der Waals surface area (Å²) in [7, 11) is 0. The molecule has 1 fully saturated rings. The third-order valence-corrected chi connectivity index (χ3v) is 4.46. The molecule has 1 aromatic carbocycles. The van der Waals surface area contributed by atoms with E-state index in [9.17, 15) is 9.90 Å². The summed E-state index contributed by atoms with van der Waals surface area (Å²) in [6, 6.07) is 5.33. The van der Waals surface area contributed by atoms with Crippen molar-refractivity contribution >= 4 is 33.7 Å². The van der Waals surface area contributed by atoms with Crippen LogP contribution >= 0.6 is 0 Å². The molecule has 0 saturated heterocycles. The minimum atomic E-state index is -0.987. The van der Waals surface area contributed by atoms with Gasteiger partial charge in [0.05, 0.1) is 17.3 Å². The van der Waals surface area contributed by atoms with Crippen LogP contribution in [0.1, 0.15) is 23.2 Å². The van der Waals surface area contributed by atoms with Crippen LogP contribution in [0.4, 0.5) is 5.95 Å². The van der Waals surface area contributed by atoms with Crippen molar-refractivity contribution < 1.29 is 9.90 Å². The number of aromatic carboxylic acids is 1. The predicted octanol–water partition coefficient (Wildman–Crippen LogP) is 2.84. The average molecular weight is 346 g/mol. The third kappa shape index (κ3) is 2.43. The zero-order valence-electron chi connectivity index (χ0n) is 13.6. The molecule has 8 nitrogen and oxygen atoms in total. The van der Waals surface area contributed by atoms with E-state index in [2.05, 4.69) is 30.5 Å². The van der Waals surface area contributed by atoms with Crippen molar-refractivity contribution in [3.63, 3.8) is 0 Å². The van der Waals surface area contributed by atoms with Gasteiger partial charge in [-0.25, -0.2) is 19.7 Å². The van der Waals surface area contributed by atoms with Crippen LogP contribution in [0, 0.1) is 0 Å². The summed E-state index contributed by atoms with van der Waals surface area (Å²) in [5.74, 6) is -0.410. The molecule has 0 amide bonds. The Morgan fingerprint density at radius 3 is 2.81 bits per heavy atom. The van der Waals surface area contributed by atoms with Crippen LogP contribution in [0.3, 0.4) is 0 Å². The van der Waals surface area contributed by atoms with E-state index in [0.717, 1.165) is 29.2 Å². The summed E-state index contributed by atoms with van der Waals surface area (Å²) in [4.78, 5) is 25.1. The first-order valence-corrected chi connectivity index (χ1v) is 8.28. The van der Waals surface area contributed by atoms with Crippen molar-refractivity contribution in [3.8, 4) is 11.3 Å². The number of anilines is 1. The lowest BCUT2D eigenvalue weighted by Gasteiger charge is -2.10. The highest BCUT2D eigenvalue weighted by molar-refractivity contribution is 6.10. The van der Waals surface area contributed by atoms with Gasteiger partial charge in [-0.05, 0) is 25.0 Å². The molecule has 0 unspecified atom stereocenters. The van der Waals surface area contributed by atoms with Gasteiger partial charge in [-0.2, -0.15) is 5.10 Å². The molecule has 26 heavy (non-hydrogen) atoms. The molecule has 1 aliphatic carbocycles. The van der Waals surface area contributed by atoms with Gasteiger partial charge in [0.25, 0.3) is 0 Å². The molecule has 0 bridgehead atoms. The molecule has 5 rings (SSSR count). The van der Waals surface area contributed by atoms with E-state index in [1.165, 1.54) is 0 Å². The summed E-state index contributed by atoms with van der Waals surface area (Å²) in [5, 5.41) is 21.0. The number of nitrogens with one attached hydrogen (secondary N) is 2. The molecule has 0 radical (unpaired) electrons. The fourth-order valence-corrected chi connectivity index (χ4v) is 2.98. The van der Waals surface area contributed by atoms with Gasteiger partial charge >= 0.3 is 5.97 Å². The molecule has 8 heteroatoms. The minimum Gasteiger partial charge on any atom is -0.478 e. The second kappa shape index (κ2) is 5.48. The van der Waals surface area contributed by atoms with Gasteiger partial charge in [0.15, 0.2) is 0 Å². The van der Waals surface area contributed by atoms with Crippen molar-refractivity contribution in [2.45, 2.75) is 18.9 Å². The Hall–Kier alpha value is -3.55. The van der Waals surface area contributed by atoms with E-state index in [0.29, 0.717) is 28.7 Å². The standard InChI is InChI=1S/C18H14N6O2/c25-17(26)9-1-4-12-13-8-19-18(22-11-2-3-11)24-16(13)15(23-14(12)5-9)10-6-20-21-7-10/h1,4-8,11H,2-3H2,(H,20,21)(H,25,26)(H,19,22,24). The topological polar surface area (TPSA) is 117 Å². The number of nitrogens with zero attached hydrogens (tertiary/aromatic N) is 4. The molecule has 0 spiro atoms. The van der Waals surface area contributed by atoms with Crippen LogP contribution in [0.2, 0.25) is 0 Å². The Bertz CT molecular complexity index is 1150. The van der Waals surface area contributed by atoms with Crippen LogP contribution in [0.15, 0.2) is 36.8 Å². The fraction of sp³-hybridized carbons (Fsp3) is 0.167.